The molecule has 2 rings (SSSR count). The average Bonchev–Trinajstić information content (AvgIpc) is 2.51. The highest BCUT2D eigenvalue weighted by Crippen LogP contribution is 2.25. The number of amides is 1. The summed E-state index contributed by atoms with van der Waals surface area (Å²) in [5.74, 6) is 0.166. The summed E-state index contributed by atoms with van der Waals surface area (Å²) in [6.07, 6.45) is 0.535. The number of hydrogen-bond acceptors (Lipinski definition) is 2. The predicted molar refractivity (Wildman–Crippen MR) is 72.0 cm³/mol. The summed E-state index contributed by atoms with van der Waals surface area (Å²) in [6.45, 7) is 1.33. The van der Waals surface area contributed by atoms with Crippen LogP contribution in [-0.2, 0) is 11.3 Å². The highest BCUT2D eigenvalue weighted by Gasteiger charge is 2.26. The molecule has 0 spiro atoms. The molecular formula is C11H11BrClNOS. The zero-order valence-electron chi connectivity index (χ0n) is 8.49. The number of hydrogen-bond donors (Lipinski definition) is 1. The molecule has 1 aromatic carbocycles. The van der Waals surface area contributed by atoms with Crippen molar-refractivity contribution in [3.63, 3.8) is 0 Å². The van der Waals surface area contributed by atoms with Crippen LogP contribution in [0.15, 0.2) is 22.7 Å². The van der Waals surface area contributed by atoms with Crippen molar-refractivity contribution in [3.8, 4) is 0 Å². The zero-order chi connectivity index (χ0) is 11.7. The van der Waals surface area contributed by atoms with E-state index in [4.69, 9.17) is 11.6 Å². The first kappa shape index (κ1) is 12.3. The van der Waals surface area contributed by atoms with Crippen LogP contribution in [0.5, 0.6) is 0 Å². The minimum absolute atomic E-state index is 0.165. The second kappa shape index (κ2) is 4.98. The molecule has 1 heterocycles. The molecule has 0 bridgehead atoms. The number of thiol groups is 1. The highest BCUT2D eigenvalue weighted by atomic mass is 79.9. The summed E-state index contributed by atoms with van der Waals surface area (Å²) in [6, 6.07) is 5.75. The fraction of sp³-hybridized carbons (Fsp3) is 0.364. The van der Waals surface area contributed by atoms with Crippen molar-refractivity contribution in [2.45, 2.75) is 18.2 Å². The Bertz CT molecular complexity index is 426. The second-order valence-electron chi connectivity index (χ2n) is 3.88. The number of rotatable bonds is 2. The number of halogens is 2. The van der Waals surface area contributed by atoms with Crippen LogP contribution in [0.1, 0.15) is 12.0 Å². The Morgan fingerprint density at radius 3 is 2.88 bits per heavy atom. The molecule has 0 aromatic heterocycles. The van der Waals surface area contributed by atoms with Crippen molar-refractivity contribution in [1.82, 2.24) is 4.90 Å². The molecule has 5 heteroatoms. The van der Waals surface area contributed by atoms with Gasteiger partial charge >= 0.3 is 0 Å². The Kier molecular flexibility index (Phi) is 3.82. The maximum absolute atomic E-state index is 11.6. The van der Waals surface area contributed by atoms with E-state index in [0.29, 0.717) is 18.0 Å². The minimum Gasteiger partial charge on any atom is -0.337 e. The second-order valence-corrected chi connectivity index (χ2v) is 5.87. The molecule has 1 saturated heterocycles. The van der Waals surface area contributed by atoms with Crippen molar-refractivity contribution >= 4 is 46.1 Å². The maximum Gasteiger partial charge on any atom is 0.224 e. The van der Waals surface area contributed by atoms with Crippen LogP contribution in [0.3, 0.4) is 0 Å². The van der Waals surface area contributed by atoms with Crippen LogP contribution in [0.4, 0.5) is 0 Å². The van der Waals surface area contributed by atoms with Gasteiger partial charge in [-0.05, 0) is 33.6 Å². The summed E-state index contributed by atoms with van der Waals surface area (Å²) in [5, 5.41) is 0.838. The molecule has 0 aliphatic carbocycles. The van der Waals surface area contributed by atoms with Crippen LogP contribution in [0.2, 0.25) is 5.02 Å². The van der Waals surface area contributed by atoms with Gasteiger partial charge in [-0.3, -0.25) is 4.79 Å². The summed E-state index contributed by atoms with van der Waals surface area (Å²) in [7, 11) is 0. The Balaban J connectivity index is 2.09. The standard InChI is InChI=1S/C11H11BrClNOS/c12-9-2-1-7(3-10(9)13)5-14-6-8(16)4-11(14)15/h1-3,8,16H,4-6H2. The van der Waals surface area contributed by atoms with Crippen molar-refractivity contribution in [1.29, 1.82) is 0 Å². The summed E-state index contributed by atoms with van der Waals surface area (Å²) in [5.41, 5.74) is 1.05. The molecular weight excluding hydrogens is 310 g/mol. The van der Waals surface area contributed by atoms with E-state index in [1.807, 2.05) is 23.1 Å². The van der Waals surface area contributed by atoms with E-state index in [2.05, 4.69) is 28.6 Å². The van der Waals surface area contributed by atoms with E-state index in [1.165, 1.54) is 0 Å². The van der Waals surface area contributed by atoms with Crippen LogP contribution in [-0.4, -0.2) is 22.6 Å². The van der Waals surface area contributed by atoms with E-state index in [9.17, 15) is 4.79 Å². The maximum atomic E-state index is 11.6. The van der Waals surface area contributed by atoms with Gasteiger partial charge in [0.2, 0.25) is 5.91 Å². The molecule has 1 aliphatic heterocycles. The third-order valence-electron chi connectivity index (χ3n) is 2.55. The summed E-state index contributed by atoms with van der Waals surface area (Å²) >= 11 is 13.7. The first-order valence-corrected chi connectivity index (χ1v) is 6.65. The molecule has 1 aliphatic rings. The molecule has 1 fully saturated rings. The largest absolute Gasteiger partial charge is 0.337 e. The molecule has 86 valence electrons. The topological polar surface area (TPSA) is 20.3 Å². The molecule has 0 saturated carbocycles. The number of likely N-dealkylation sites (tertiary alicyclic amines) is 1. The highest BCUT2D eigenvalue weighted by molar-refractivity contribution is 9.10. The predicted octanol–water partition coefficient (Wildman–Crippen LogP) is 3.13. The Morgan fingerprint density at radius 2 is 2.31 bits per heavy atom. The van der Waals surface area contributed by atoms with Crippen LogP contribution < -0.4 is 0 Å². The summed E-state index contributed by atoms with van der Waals surface area (Å²) in [4.78, 5) is 13.4. The van der Waals surface area contributed by atoms with Crippen LogP contribution in [0.25, 0.3) is 0 Å². The molecule has 1 aromatic rings. The summed E-state index contributed by atoms with van der Waals surface area (Å²) < 4.78 is 0.873. The van der Waals surface area contributed by atoms with Gasteiger partial charge in [-0.1, -0.05) is 17.7 Å². The number of nitrogens with zero attached hydrogens (tertiary/aromatic N) is 1. The molecule has 0 radical (unpaired) electrons. The van der Waals surface area contributed by atoms with Crippen LogP contribution >= 0.6 is 40.2 Å². The van der Waals surface area contributed by atoms with Crippen molar-refractivity contribution in [2.75, 3.05) is 6.54 Å². The van der Waals surface area contributed by atoms with Gasteiger partial charge in [-0.15, -0.1) is 0 Å². The molecule has 1 atom stereocenters. The molecule has 1 unspecified atom stereocenters. The Labute approximate surface area is 113 Å². The Morgan fingerprint density at radius 1 is 1.56 bits per heavy atom. The van der Waals surface area contributed by atoms with Gasteiger partial charge in [0.1, 0.15) is 0 Å². The van der Waals surface area contributed by atoms with Gasteiger partial charge in [-0.2, -0.15) is 12.6 Å². The van der Waals surface area contributed by atoms with E-state index in [1.54, 1.807) is 0 Å². The molecule has 16 heavy (non-hydrogen) atoms. The third kappa shape index (κ3) is 2.73. The lowest BCUT2D eigenvalue weighted by Gasteiger charge is -2.16. The van der Waals surface area contributed by atoms with Gasteiger partial charge in [0.15, 0.2) is 0 Å². The number of carbonyl (C=O) groups is 1. The first-order valence-electron chi connectivity index (χ1n) is 4.96. The smallest absolute Gasteiger partial charge is 0.224 e. The molecule has 1 amide bonds. The molecule has 2 nitrogen and oxygen atoms in total. The van der Waals surface area contributed by atoms with E-state index >= 15 is 0 Å². The van der Waals surface area contributed by atoms with Gasteiger partial charge in [0, 0.05) is 29.2 Å². The lowest BCUT2D eigenvalue weighted by Crippen LogP contribution is -2.24. The fourth-order valence-electron chi connectivity index (χ4n) is 1.76. The normalized spacial score (nSPS) is 20.6. The van der Waals surface area contributed by atoms with Crippen molar-refractivity contribution < 1.29 is 4.79 Å². The van der Waals surface area contributed by atoms with E-state index < -0.39 is 0 Å². The van der Waals surface area contributed by atoms with Gasteiger partial charge in [0.05, 0.1) is 5.02 Å². The minimum atomic E-state index is 0.165. The van der Waals surface area contributed by atoms with E-state index in [-0.39, 0.29) is 11.2 Å². The monoisotopic (exact) mass is 319 g/mol. The lowest BCUT2D eigenvalue weighted by atomic mass is 10.2. The van der Waals surface area contributed by atoms with Gasteiger partial charge < -0.3 is 4.90 Å². The zero-order valence-corrected chi connectivity index (χ0v) is 11.7. The molecule has 0 N–H and O–H groups in total. The Hall–Kier alpha value is -0.190. The van der Waals surface area contributed by atoms with Gasteiger partial charge in [-0.25, -0.2) is 0 Å². The van der Waals surface area contributed by atoms with Crippen molar-refractivity contribution in [3.05, 3.63) is 33.3 Å². The fourth-order valence-corrected chi connectivity index (χ4v) is 2.57. The lowest BCUT2D eigenvalue weighted by molar-refractivity contribution is -0.128. The third-order valence-corrected chi connectivity index (χ3v) is 4.13. The van der Waals surface area contributed by atoms with Crippen LogP contribution in [0, 0.1) is 0 Å². The van der Waals surface area contributed by atoms with E-state index in [0.717, 1.165) is 16.6 Å². The number of benzene rings is 1. The SMILES string of the molecule is O=C1CC(S)CN1Cc1ccc(Br)c(Cl)c1. The van der Waals surface area contributed by atoms with Crippen molar-refractivity contribution in [2.24, 2.45) is 0 Å². The number of carbonyl (C=O) groups excluding carboxylic acids is 1. The van der Waals surface area contributed by atoms with Gasteiger partial charge in [0.25, 0.3) is 0 Å². The first-order chi connectivity index (χ1) is 7.56. The average molecular weight is 321 g/mol. The quantitative estimate of drug-likeness (QED) is 0.830.